The van der Waals surface area contributed by atoms with Gasteiger partial charge in [0.25, 0.3) is 0 Å². The average Bonchev–Trinajstić information content (AvgIpc) is 1.88. The van der Waals surface area contributed by atoms with E-state index in [1.165, 1.54) is 0 Å². The quantitative estimate of drug-likeness (QED) is 0.507. The average molecular weight is 137 g/mol. The lowest BCUT2D eigenvalue weighted by Crippen LogP contribution is -1.84. The van der Waals surface area contributed by atoms with E-state index in [1.807, 2.05) is 12.2 Å². The van der Waals surface area contributed by atoms with Crippen LogP contribution in [-0.4, -0.2) is 0 Å². The van der Waals surface area contributed by atoms with E-state index in [0.29, 0.717) is 0 Å². The molecule has 46 valence electrons. The van der Waals surface area contributed by atoms with Crippen LogP contribution in [0.5, 0.6) is 0 Å². The van der Waals surface area contributed by atoms with Crippen LogP contribution in [0, 0.1) is 11.3 Å². The molecule has 1 rings (SSSR count). The summed E-state index contributed by atoms with van der Waals surface area (Å²) in [5, 5.41) is 8.43. The van der Waals surface area contributed by atoms with Gasteiger partial charge in [-0.15, -0.1) is 12.6 Å². The molecule has 0 saturated carbocycles. The van der Waals surface area contributed by atoms with Gasteiger partial charge in [0.15, 0.2) is 0 Å². The minimum atomic E-state index is 0.836. The predicted octanol–water partition coefficient (Wildman–Crippen LogP) is 2.04. The molecule has 1 aliphatic carbocycles. The number of hydrogen-bond acceptors (Lipinski definition) is 2. The van der Waals surface area contributed by atoms with Crippen LogP contribution >= 0.6 is 12.6 Å². The van der Waals surface area contributed by atoms with Crippen molar-refractivity contribution >= 4 is 12.6 Å². The maximum Gasteiger partial charge on any atom is 0.0947 e. The molecule has 1 nitrogen and oxygen atoms in total. The normalized spacial score (nSPS) is 17.8. The summed E-state index contributed by atoms with van der Waals surface area (Å²) in [4.78, 5) is 0.915. The Morgan fingerprint density at radius 3 is 2.89 bits per heavy atom. The molecule has 0 fully saturated rings. The highest BCUT2D eigenvalue weighted by Gasteiger charge is 1.99. The molecular formula is C7H7NS. The first-order valence-corrected chi connectivity index (χ1v) is 3.27. The molecule has 0 aromatic carbocycles. The van der Waals surface area contributed by atoms with Gasteiger partial charge in [0.1, 0.15) is 0 Å². The van der Waals surface area contributed by atoms with Crippen LogP contribution in [0.3, 0.4) is 0 Å². The lowest BCUT2D eigenvalue weighted by atomic mass is 10.1. The summed E-state index contributed by atoms with van der Waals surface area (Å²) in [6, 6.07) is 2.11. The van der Waals surface area contributed by atoms with Gasteiger partial charge in [-0.3, -0.25) is 0 Å². The van der Waals surface area contributed by atoms with Crippen molar-refractivity contribution in [1.29, 1.82) is 5.26 Å². The van der Waals surface area contributed by atoms with Crippen molar-refractivity contribution in [2.75, 3.05) is 0 Å². The molecule has 0 aromatic rings. The van der Waals surface area contributed by atoms with E-state index in [1.54, 1.807) is 0 Å². The number of thiol groups is 1. The molecule has 0 spiro atoms. The third-order valence-electron chi connectivity index (χ3n) is 1.23. The summed E-state index contributed by atoms with van der Waals surface area (Å²) in [7, 11) is 0. The van der Waals surface area contributed by atoms with Crippen molar-refractivity contribution in [3.8, 4) is 6.07 Å². The van der Waals surface area contributed by atoms with E-state index in [9.17, 15) is 0 Å². The summed E-state index contributed by atoms with van der Waals surface area (Å²) in [5.41, 5.74) is 0.836. The van der Waals surface area contributed by atoms with Gasteiger partial charge in [-0.2, -0.15) is 5.26 Å². The zero-order valence-corrected chi connectivity index (χ0v) is 5.86. The van der Waals surface area contributed by atoms with Crippen molar-refractivity contribution in [2.24, 2.45) is 0 Å². The molecule has 0 amide bonds. The molecular weight excluding hydrogens is 130 g/mol. The second kappa shape index (κ2) is 2.75. The first kappa shape index (κ1) is 6.44. The number of rotatable bonds is 0. The van der Waals surface area contributed by atoms with Gasteiger partial charge in [0.2, 0.25) is 0 Å². The fourth-order valence-electron chi connectivity index (χ4n) is 0.773. The fraction of sp³-hybridized carbons (Fsp3) is 0.286. The second-order valence-electron chi connectivity index (χ2n) is 1.95. The molecule has 9 heavy (non-hydrogen) atoms. The summed E-state index contributed by atoms with van der Waals surface area (Å²) in [6.07, 6.45) is 5.66. The van der Waals surface area contributed by atoms with Gasteiger partial charge < -0.3 is 0 Å². The van der Waals surface area contributed by atoms with E-state index >= 15 is 0 Å². The molecule has 0 aromatic heterocycles. The van der Waals surface area contributed by atoms with Gasteiger partial charge in [0.05, 0.1) is 6.07 Å². The topological polar surface area (TPSA) is 23.8 Å². The minimum Gasteiger partial charge on any atom is -0.193 e. The molecule has 0 heterocycles. The van der Waals surface area contributed by atoms with Gasteiger partial charge in [-0.05, 0) is 18.9 Å². The van der Waals surface area contributed by atoms with Crippen LogP contribution in [0.15, 0.2) is 22.6 Å². The molecule has 0 bridgehead atoms. The predicted molar refractivity (Wildman–Crippen MR) is 40.0 cm³/mol. The number of allylic oxidation sites excluding steroid dienone is 3. The van der Waals surface area contributed by atoms with Gasteiger partial charge in [-0.1, -0.05) is 6.08 Å². The van der Waals surface area contributed by atoms with Crippen molar-refractivity contribution < 1.29 is 0 Å². The summed E-state index contributed by atoms with van der Waals surface area (Å²) < 4.78 is 0. The maximum absolute atomic E-state index is 8.43. The molecule has 0 unspecified atom stereocenters. The Morgan fingerprint density at radius 1 is 1.67 bits per heavy atom. The number of hydrogen-bond donors (Lipinski definition) is 1. The van der Waals surface area contributed by atoms with Crippen molar-refractivity contribution in [2.45, 2.75) is 12.8 Å². The van der Waals surface area contributed by atoms with E-state index < -0.39 is 0 Å². The Bertz CT molecular complexity index is 207. The highest BCUT2D eigenvalue weighted by molar-refractivity contribution is 7.84. The minimum absolute atomic E-state index is 0.836. The smallest absolute Gasteiger partial charge is 0.0947 e. The van der Waals surface area contributed by atoms with Crippen LogP contribution in [-0.2, 0) is 0 Å². The molecule has 0 N–H and O–H groups in total. The van der Waals surface area contributed by atoms with Gasteiger partial charge in [-0.25, -0.2) is 0 Å². The molecule has 1 aliphatic rings. The third kappa shape index (κ3) is 1.62. The Morgan fingerprint density at radius 2 is 2.44 bits per heavy atom. The van der Waals surface area contributed by atoms with Crippen LogP contribution in [0.25, 0.3) is 0 Å². The second-order valence-corrected chi connectivity index (χ2v) is 2.47. The third-order valence-corrected chi connectivity index (χ3v) is 1.54. The zero-order valence-electron chi connectivity index (χ0n) is 4.96. The largest absolute Gasteiger partial charge is 0.193 e. The lowest BCUT2D eigenvalue weighted by molar-refractivity contribution is 0.991. The lowest BCUT2D eigenvalue weighted by Gasteiger charge is -2.01. The summed E-state index contributed by atoms with van der Waals surface area (Å²) in [5.74, 6) is 0. The van der Waals surface area contributed by atoms with Gasteiger partial charge in [0, 0.05) is 10.5 Å². The summed E-state index contributed by atoms with van der Waals surface area (Å²) >= 11 is 4.11. The monoisotopic (exact) mass is 137 g/mol. The van der Waals surface area contributed by atoms with E-state index in [-0.39, 0.29) is 0 Å². The van der Waals surface area contributed by atoms with Crippen LogP contribution in [0.4, 0.5) is 0 Å². The highest BCUT2D eigenvalue weighted by atomic mass is 32.1. The molecule has 0 atom stereocenters. The van der Waals surface area contributed by atoms with Crippen LogP contribution in [0.2, 0.25) is 0 Å². The van der Waals surface area contributed by atoms with Crippen molar-refractivity contribution in [1.82, 2.24) is 0 Å². The van der Waals surface area contributed by atoms with Gasteiger partial charge >= 0.3 is 0 Å². The molecule has 0 aliphatic heterocycles. The van der Waals surface area contributed by atoms with Crippen molar-refractivity contribution in [3.63, 3.8) is 0 Å². The first-order valence-electron chi connectivity index (χ1n) is 2.83. The Hall–Kier alpha value is -0.680. The molecule has 0 radical (unpaired) electrons. The van der Waals surface area contributed by atoms with Crippen molar-refractivity contribution in [3.05, 3.63) is 22.6 Å². The SMILES string of the molecule is N#CC1=CC(S)=CCC1. The fourth-order valence-corrected chi connectivity index (χ4v) is 1.06. The Labute approximate surface area is 60.1 Å². The van der Waals surface area contributed by atoms with E-state index in [4.69, 9.17) is 5.26 Å². The van der Waals surface area contributed by atoms with Crippen LogP contribution < -0.4 is 0 Å². The van der Waals surface area contributed by atoms with E-state index in [2.05, 4.69) is 18.7 Å². The molecule has 2 heteroatoms. The number of nitrogens with zero attached hydrogens (tertiary/aromatic N) is 1. The first-order chi connectivity index (χ1) is 4.33. The highest BCUT2D eigenvalue weighted by Crippen LogP contribution is 2.18. The molecule has 0 saturated heterocycles. The number of nitriles is 1. The Kier molecular flexibility index (Phi) is 1.96. The van der Waals surface area contributed by atoms with Crippen LogP contribution in [0.1, 0.15) is 12.8 Å². The summed E-state index contributed by atoms with van der Waals surface area (Å²) in [6.45, 7) is 0. The zero-order chi connectivity index (χ0) is 6.69. The Balaban J connectivity index is 2.78. The standard InChI is InChI=1S/C7H7NS/c8-5-6-2-1-3-7(9)4-6/h3-4,9H,1-2H2. The van der Waals surface area contributed by atoms with E-state index in [0.717, 1.165) is 23.3 Å². The maximum atomic E-state index is 8.43.